The molecular formula is C24H38N2O5S. The number of piperidine rings is 2. The smallest absolute Gasteiger partial charge is 0.410 e. The standard InChI is InChI=1S/C24H38N2O5S/c1-23(2,3)31-22(27)26-15-10-19(11-16-26)9-14-25-17-12-24(28,13-18-25)20-5-7-21(8-6-20)32(4,29)30/h5-8,19,28H,9-18H2,1-4H3. The summed E-state index contributed by atoms with van der Waals surface area (Å²) in [5, 5.41) is 11.1. The maximum Gasteiger partial charge on any atom is 0.410 e. The molecule has 0 radical (unpaired) electrons. The van der Waals surface area contributed by atoms with Gasteiger partial charge >= 0.3 is 6.09 Å². The van der Waals surface area contributed by atoms with E-state index in [-0.39, 0.29) is 11.0 Å². The molecule has 2 aliphatic rings. The zero-order valence-corrected chi connectivity index (χ0v) is 20.7. The first kappa shape index (κ1) is 25.0. The molecule has 1 N–H and O–H groups in total. The van der Waals surface area contributed by atoms with E-state index in [0.29, 0.717) is 18.8 Å². The molecule has 3 rings (SSSR count). The molecular weight excluding hydrogens is 428 g/mol. The van der Waals surface area contributed by atoms with Crippen molar-refractivity contribution in [3.8, 4) is 0 Å². The maximum atomic E-state index is 12.2. The van der Waals surface area contributed by atoms with E-state index in [2.05, 4.69) is 4.90 Å². The second-order valence-corrected chi connectivity index (χ2v) is 12.4. The van der Waals surface area contributed by atoms with Gasteiger partial charge in [-0.15, -0.1) is 0 Å². The van der Waals surface area contributed by atoms with Gasteiger partial charge in [-0.05, 0) is 83.0 Å². The Balaban J connectivity index is 1.42. The van der Waals surface area contributed by atoms with E-state index >= 15 is 0 Å². The Morgan fingerprint density at radius 2 is 1.66 bits per heavy atom. The Kier molecular flexibility index (Phi) is 7.57. The van der Waals surface area contributed by atoms with Crippen molar-refractivity contribution in [3.63, 3.8) is 0 Å². The zero-order chi connectivity index (χ0) is 23.6. The third-order valence-corrected chi connectivity index (χ3v) is 7.75. The van der Waals surface area contributed by atoms with Gasteiger partial charge in [0.2, 0.25) is 0 Å². The average Bonchev–Trinajstić information content (AvgIpc) is 2.72. The SMILES string of the molecule is CC(C)(C)OC(=O)N1CCC(CCN2CCC(O)(c3ccc(S(C)(=O)=O)cc3)CC2)CC1. The molecule has 1 amide bonds. The van der Waals surface area contributed by atoms with E-state index in [1.807, 2.05) is 25.7 Å². The van der Waals surface area contributed by atoms with Crippen molar-refractivity contribution in [1.82, 2.24) is 9.80 Å². The Bertz CT molecular complexity index is 876. The van der Waals surface area contributed by atoms with Crippen molar-refractivity contribution in [3.05, 3.63) is 29.8 Å². The fraction of sp³-hybridized carbons (Fsp3) is 0.708. The highest BCUT2D eigenvalue weighted by atomic mass is 32.2. The third-order valence-electron chi connectivity index (χ3n) is 6.62. The first-order chi connectivity index (χ1) is 14.9. The van der Waals surface area contributed by atoms with Crippen LogP contribution in [0, 0.1) is 5.92 Å². The summed E-state index contributed by atoms with van der Waals surface area (Å²) in [5.41, 5.74) is -0.565. The molecule has 0 atom stereocenters. The third kappa shape index (κ3) is 6.68. The van der Waals surface area contributed by atoms with Gasteiger partial charge in [-0.3, -0.25) is 0 Å². The summed E-state index contributed by atoms with van der Waals surface area (Å²) in [6.07, 6.45) is 5.37. The first-order valence-electron chi connectivity index (χ1n) is 11.6. The number of carbonyl (C=O) groups excluding carboxylic acids is 1. The van der Waals surface area contributed by atoms with Crippen LogP contribution >= 0.6 is 0 Å². The fourth-order valence-electron chi connectivity index (χ4n) is 4.54. The van der Waals surface area contributed by atoms with Crippen LogP contribution in [0.5, 0.6) is 0 Å². The molecule has 2 heterocycles. The van der Waals surface area contributed by atoms with Crippen molar-refractivity contribution in [2.75, 3.05) is 39.0 Å². The number of nitrogens with zero attached hydrogens (tertiary/aromatic N) is 2. The number of benzene rings is 1. The molecule has 0 aliphatic carbocycles. The largest absolute Gasteiger partial charge is 0.444 e. The molecule has 0 spiro atoms. The second kappa shape index (κ2) is 9.69. The second-order valence-electron chi connectivity index (χ2n) is 10.4. The molecule has 32 heavy (non-hydrogen) atoms. The number of amides is 1. The molecule has 1 aromatic carbocycles. The summed E-state index contributed by atoms with van der Waals surface area (Å²) in [7, 11) is -3.23. The molecule has 8 heteroatoms. The molecule has 180 valence electrons. The number of hydrogen-bond donors (Lipinski definition) is 1. The molecule has 0 bridgehead atoms. The summed E-state index contributed by atoms with van der Waals surface area (Å²) in [5.74, 6) is 0.609. The highest BCUT2D eigenvalue weighted by Gasteiger charge is 2.34. The summed E-state index contributed by atoms with van der Waals surface area (Å²) in [6, 6.07) is 6.65. The number of carbonyl (C=O) groups is 1. The number of rotatable bonds is 5. The van der Waals surface area contributed by atoms with Crippen LogP contribution in [0.2, 0.25) is 0 Å². The van der Waals surface area contributed by atoms with Crippen LogP contribution in [0.3, 0.4) is 0 Å². The monoisotopic (exact) mass is 466 g/mol. The van der Waals surface area contributed by atoms with Gasteiger partial charge in [0, 0.05) is 32.4 Å². The van der Waals surface area contributed by atoms with Gasteiger partial charge in [0.25, 0.3) is 0 Å². The van der Waals surface area contributed by atoms with Gasteiger partial charge < -0.3 is 19.6 Å². The minimum Gasteiger partial charge on any atom is -0.444 e. The molecule has 2 saturated heterocycles. The van der Waals surface area contributed by atoms with E-state index in [1.165, 1.54) is 6.26 Å². The van der Waals surface area contributed by atoms with Crippen molar-refractivity contribution in [1.29, 1.82) is 0 Å². The van der Waals surface area contributed by atoms with E-state index in [9.17, 15) is 18.3 Å². The van der Waals surface area contributed by atoms with Crippen LogP contribution in [0.25, 0.3) is 0 Å². The van der Waals surface area contributed by atoms with E-state index < -0.39 is 21.0 Å². The van der Waals surface area contributed by atoms with Crippen molar-refractivity contribution < 1.29 is 23.1 Å². The number of sulfone groups is 1. The van der Waals surface area contributed by atoms with Crippen molar-refractivity contribution in [2.45, 2.75) is 69.0 Å². The quantitative estimate of drug-likeness (QED) is 0.716. The van der Waals surface area contributed by atoms with Crippen LogP contribution in [0.15, 0.2) is 29.2 Å². The summed E-state index contributed by atoms with van der Waals surface area (Å²) in [4.78, 5) is 16.7. The zero-order valence-electron chi connectivity index (χ0n) is 19.8. The number of ether oxygens (including phenoxy) is 1. The lowest BCUT2D eigenvalue weighted by atomic mass is 9.84. The van der Waals surface area contributed by atoms with Gasteiger partial charge in [-0.25, -0.2) is 13.2 Å². The highest BCUT2D eigenvalue weighted by Crippen LogP contribution is 2.34. The van der Waals surface area contributed by atoms with Gasteiger partial charge in [0.05, 0.1) is 10.5 Å². The molecule has 0 unspecified atom stereocenters. The number of aliphatic hydroxyl groups is 1. The molecule has 2 fully saturated rings. The molecule has 2 aliphatic heterocycles. The topological polar surface area (TPSA) is 87.2 Å². The minimum absolute atomic E-state index is 0.212. The Hall–Kier alpha value is -1.64. The molecule has 0 aromatic heterocycles. The van der Waals surface area contributed by atoms with Gasteiger partial charge in [-0.2, -0.15) is 0 Å². The normalized spacial score (nSPS) is 20.8. The molecule has 1 aromatic rings. The van der Waals surface area contributed by atoms with E-state index in [4.69, 9.17) is 4.74 Å². The Morgan fingerprint density at radius 1 is 1.09 bits per heavy atom. The maximum absolute atomic E-state index is 12.2. The van der Waals surface area contributed by atoms with E-state index in [0.717, 1.165) is 57.5 Å². The van der Waals surface area contributed by atoms with Crippen molar-refractivity contribution in [2.24, 2.45) is 5.92 Å². The van der Waals surface area contributed by atoms with Crippen LogP contribution in [-0.4, -0.2) is 74.0 Å². The highest BCUT2D eigenvalue weighted by molar-refractivity contribution is 7.90. The Labute approximate surface area is 192 Å². The Morgan fingerprint density at radius 3 is 2.16 bits per heavy atom. The molecule has 0 saturated carbocycles. The summed E-state index contributed by atoms with van der Waals surface area (Å²) in [6.45, 7) is 9.82. The predicted molar refractivity (Wildman–Crippen MR) is 124 cm³/mol. The average molecular weight is 467 g/mol. The fourth-order valence-corrected chi connectivity index (χ4v) is 5.17. The lowest BCUT2D eigenvalue weighted by Gasteiger charge is -2.39. The summed E-state index contributed by atoms with van der Waals surface area (Å²) < 4.78 is 28.8. The predicted octanol–water partition coefficient (Wildman–Crippen LogP) is 3.41. The molecule has 7 nitrogen and oxygen atoms in total. The first-order valence-corrected chi connectivity index (χ1v) is 13.5. The van der Waals surface area contributed by atoms with Crippen LogP contribution in [-0.2, 0) is 20.2 Å². The van der Waals surface area contributed by atoms with Gasteiger partial charge in [0.1, 0.15) is 5.60 Å². The van der Waals surface area contributed by atoms with Crippen LogP contribution in [0.4, 0.5) is 4.79 Å². The van der Waals surface area contributed by atoms with Crippen molar-refractivity contribution >= 4 is 15.9 Å². The van der Waals surface area contributed by atoms with Gasteiger partial charge in [0.15, 0.2) is 9.84 Å². The summed E-state index contributed by atoms with van der Waals surface area (Å²) >= 11 is 0. The lowest BCUT2D eigenvalue weighted by Crippen LogP contribution is -2.44. The van der Waals surface area contributed by atoms with Crippen LogP contribution < -0.4 is 0 Å². The minimum atomic E-state index is -3.23. The van der Waals surface area contributed by atoms with E-state index in [1.54, 1.807) is 24.3 Å². The van der Waals surface area contributed by atoms with Gasteiger partial charge in [-0.1, -0.05) is 12.1 Å². The lowest BCUT2D eigenvalue weighted by molar-refractivity contribution is -0.0273. The van der Waals surface area contributed by atoms with Crippen LogP contribution in [0.1, 0.15) is 58.4 Å². The number of likely N-dealkylation sites (tertiary alicyclic amines) is 2. The number of hydrogen-bond acceptors (Lipinski definition) is 6.